The molecule has 0 saturated heterocycles. The maximum absolute atomic E-state index is 9.67. The lowest BCUT2D eigenvalue weighted by Gasteiger charge is -2.06. The second kappa shape index (κ2) is 5.77. The summed E-state index contributed by atoms with van der Waals surface area (Å²) in [4.78, 5) is 0. The van der Waals surface area contributed by atoms with Crippen LogP contribution in [0.25, 0.3) is 0 Å². The van der Waals surface area contributed by atoms with E-state index in [1.807, 2.05) is 30.3 Å². The highest BCUT2D eigenvalue weighted by molar-refractivity contribution is 5.85. The van der Waals surface area contributed by atoms with Crippen LogP contribution in [-0.4, -0.2) is 23.5 Å². The second-order valence-electron chi connectivity index (χ2n) is 3.82. The largest absolute Gasteiger partial charge is 0.507 e. The van der Waals surface area contributed by atoms with Crippen LogP contribution in [0.1, 0.15) is 5.56 Å². The molecule has 3 N–H and O–H groups in total. The number of ether oxygens (including phenoxy) is 1. The smallest absolute Gasteiger partial charge is 0.161 e. The molecule has 0 aliphatic carbocycles. The highest BCUT2D eigenvalue weighted by Gasteiger charge is 2.07. The van der Waals surface area contributed by atoms with E-state index in [-0.39, 0.29) is 17.2 Å². The molecule has 2 rings (SSSR count). The molecule has 0 saturated carbocycles. The van der Waals surface area contributed by atoms with Crippen molar-refractivity contribution in [3.63, 3.8) is 0 Å². The zero-order valence-corrected chi connectivity index (χ0v) is 10.4. The van der Waals surface area contributed by atoms with Gasteiger partial charge in [0.05, 0.1) is 19.0 Å². The minimum Gasteiger partial charge on any atom is -0.507 e. The third-order valence-electron chi connectivity index (χ3n) is 2.50. The fourth-order valence-corrected chi connectivity index (χ4v) is 1.53. The van der Waals surface area contributed by atoms with Gasteiger partial charge in [0.15, 0.2) is 11.5 Å². The number of phenols is 2. The average molecular weight is 258 g/mol. The quantitative estimate of drug-likeness (QED) is 0.582. The lowest BCUT2D eigenvalue weighted by Crippen LogP contribution is -1.92. The molecule has 0 aromatic heterocycles. The third-order valence-corrected chi connectivity index (χ3v) is 2.50. The van der Waals surface area contributed by atoms with Crippen molar-refractivity contribution in [2.24, 2.45) is 5.10 Å². The van der Waals surface area contributed by atoms with Crippen molar-refractivity contribution in [3.8, 4) is 17.2 Å². The fraction of sp³-hybridized carbons (Fsp3) is 0.0714. The van der Waals surface area contributed by atoms with Crippen LogP contribution in [0.4, 0.5) is 5.69 Å². The normalized spacial score (nSPS) is 10.6. The first kappa shape index (κ1) is 12.8. The lowest BCUT2D eigenvalue weighted by molar-refractivity contribution is 0.369. The molecule has 0 unspecified atom stereocenters. The molecule has 0 bridgehead atoms. The van der Waals surface area contributed by atoms with Gasteiger partial charge in [-0.3, -0.25) is 5.43 Å². The first-order valence-electron chi connectivity index (χ1n) is 5.65. The molecule has 2 aromatic carbocycles. The second-order valence-corrected chi connectivity index (χ2v) is 3.82. The Labute approximate surface area is 110 Å². The van der Waals surface area contributed by atoms with Crippen molar-refractivity contribution in [2.75, 3.05) is 12.5 Å². The molecular weight excluding hydrogens is 244 g/mol. The Kier molecular flexibility index (Phi) is 3.87. The van der Waals surface area contributed by atoms with Crippen molar-refractivity contribution in [2.45, 2.75) is 0 Å². The van der Waals surface area contributed by atoms with E-state index in [4.69, 9.17) is 4.74 Å². The molecule has 5 heteroatoms. The van der Waals surface area contributed by atoms with E-state index in [1.165, 1.54) is 25.5 Å². The maximum atomic E-state index is 9.67. The summed E-state index contributed by atoms with van der Waals surface area (Å²) in [6.45, 7) is 0. The number of hydrogen-bond acceptors (Lipinski definition) is 5. The molecule has 0 aliphatic heterocycles. The number of hydrogen-bond donors (Lipinski definition) is 3. The van der Waals surface area contributed by atoms with E-state index in [9.17, 15) is 10.2 Å². The van der Waals surface area contributed by atoms with Gasteiger partial charge in [0.25, 0.3) is 0 Å². The molecule has 0 spiro atoms. The van der Waals surface area contributed by atoms with E-state index >= 15 is 0 Å². The highest BCUT2D eigenvalue weighted by atomic mass is 16.5. The SMILES string of the molecule is COc1cc(C=NNc2ccccc2)c(O)cc1O. The van der Waals surface area contributed by atoms with Gasteiger partial charge >= 0.3 is 0 Å². The number of methoxy groups -OCH3 is 1. The van der Waals surface area contributed by atoms with E-state index in [1.54, 1.807) is 0 Å². The van der Waals surface area contributed by atoms with Crippen molar-refractivity contribution in [1.29, 1.82) is 0 Å². The molecule has 0 heterocycles. The number of hydrazone groups is 1. The zero-order chi connectivity index (χ0) is 13.7. The van der Waals surface area contributed by atoms with Crippen LogP contribution in [0.2, 0.25) is 0 Å². The summed E-state index contributed by atoms with van der Waals surface area (Å²) >= 11 is 0. The Morgan fingerprint density at radius 1 is 1.11 bits per heavy atom. The van der Waals surface area contributed by atoms with Gasteiger partial charge in [-0.15, -0.1) is 0 Å². The van der Waals surface area contributed by atoms with Crippen LogP contribution < -0.4 is 10.2 Å². The van der Waals surface area contributed by atoms with E-state index in [2.05, 4.69) is 10.5 Å². The lowest BCUT2D eigenvalue weighted by atomic mass is 10.2. The van der Waals surface area contributed by atoms with Gasteiger partial charge in [0.2, 0.25) is 0 Å². The van der Waals surface area contributed by atoms with Gasteiger partial charge < -0.3 is 14.9 Å². The predicted octanol–water partition coefficient (Wildman–Crippen LogP) is 2.55. The summed E-state index contributed by atoms with van der Waals surface area (Å²) in [6.07, 6.45) is 1.45. The van der Waals surface area contributed by atoms with Gasteiger partial charge in [-0.1, -0.05) is 18.2 Å². The first-order chi connectivity index (χ1) is 9.20. The van der Waals surface area contributed by atoms with E-state index in [0.29, 0.717) is 5.56 Å². The van der Waals surface area contributed by atoms with Gasteiger partial charge in [-0.05, 0) is 18.2 Å². The minimum absolute atomic E-state index is 0.0723. The van der Waals surface area contributed by atoms with Crippen LogP contribution in [0.5, 0.6) is 17.2 Å². The fourth-order valence-electron chi connectivity index (χ4n) is 1.53. The summed E-state index contributed by atoms with van der Waals surface area (Å²) in [7, 11) is 1.44. The van der Waals surface area contributed by atoms with Gasteiger partial charge in [-0.2, -0.15) is 5.10 Å². The molecule has 0 amide bonds. The van der Waals surface area contributed by atoms with Crippen LogP contribution in [0.3, 0.4) is 0 Å². The summed E-state index contributed by atoms with van der Waals surface area (Å²) in [5, 5.41) is 23.2. The molecule has 0 fully saturated rings. The number of para-hydroxylation sites is 1. The number of benzene rings is 2. The van der Waals surface area contributed by atoms with Crippen molar-refractivity contribution < 1.29 is 14.9 Å². The summed E-state index contributed by atoms with van der Waals surface area (Å²) < 4.78 is 4.96. The number of anilines is 1. The topological polar surface area (TPSA) is 74.1 Å². The zero-order valence-electron chi connectivity index (χ0n) is 10.4. The molecule has 2 aromatic rings. The molecule has 5 nitrogen and oxygen atoms in total. The predicted molar refractivity (Wildman–Crippen MR) is 74.0 cm³/mol. The Morgan fingerprint density at radius 2 is 1.84 bits per heavy atom. The van der Waals surface area contributed by atoms with Crippen LogP contribution in [-0.2, 0) is 0 Å². The highest BCUT2D eigenvalue weighted by Crippen LogP contribution is 2.32. The first-order valence-corrected chi connectivity index (χ1v) is 5.65. The molecule has 98 valence electrons. The van der Waals surface area contributed by atoms with Crippen molar-refractivity contribution >= 4 is 11.9 Å². The third kappa shape index (κ3) is 3.16. The Bertz CT molecular complexity index is 583. The van der Waals surface area contributed by atoms with Crippen LogP contribution in [0, 0.1) is 0 Å². The summed E-state index contributed by atoms with van der Waals surface area (Å²) in [5.74, 6) is 0.0871. The van der Waals surface area contributed by atoms with E-state index < -0.39 is 0 Å². The maximum Gasteiger partial charge on any atom is 0.161 e. The Hall–Kier alpha value is -2.69. The number of phenolic OH excluding ortho intramolecular Hbond substituents is 2. The molecule has 0 radical (unpaired) electrons. The van der Waals surface area contributed by atoms with Crippen LogP contribution in [0.15, 0.2) is 47.6 Å². The average Bonchev–Trinajstić information content (AvgIpc) is 2.42. The number of nitrogens with one attached hydrogen (secondary N) is 1. The standard InChI is InChI=1S/C14H14N2O3/c1-19-14-7-10(12(17)8-13(14)18)9-15-16-11-5-3-2-4-6-11/h2-9,16-18H,1H3. The monoisotopic (exact) mass is 258 g/mol. The number of rotatable bonds is 4. The van der Waals surface area contributed by atoms with Gasteiger partial charge in [0.1, 0.15) is 5.75 Å². The molecule has 0 atom stereocenters. The number of aromatic hydroxyl groups is 2. The molecular formula is C14H14N2O3. The molecule has 0 aliphatic rings. The van der Waals surface area contributed by atoms with Gasteiger partial charge in [-0.25, -0.2) is 0 Å². The van der Waals surface area contributed by atoms with Crippen LogP contribution >= 0.6 is 0 Å². The van der Waals surface area contributed by atoms with Crippen molar-refractivity contribution in [3.05, 3.63) is 48.0 Å². The Balaban J connectivity index is 2.15. The minimum atomic E-state index is -0.117. The van der Waals surface area contributed by atoms with E-state index in [0.717, 1.165) is 5.69 Å². The molecule has 19 heavy (non-hydrogen) atoms. The summed E-state index contributed by atoms with van der Waals surface area (Å²) in [5.41, 5.74) is 4.11. The Morgan fingerprint density at radius 3 is 2.53 bits per heavy atom. The summed E-state index contributed by atoms with van der Waals surface area (Å²) in [6, 6.07) is 12.1. The number of nitrogens with zero attached hydrogens (tertiary/aromatic N) is 1. The van der Waals surface area contributed by atoms with Gasteiger partial charge in [0, 0.05) is 11.6 Å². The van der Waals surface area contributed by atoms with Crippen molar-refractivity contribution in [1.82, 2.24) is 0 Å².